The lowest BCUT2D eigenvalue weighted by Crippen LogP contribution is -2.31. The number of likely N-dealkylation sites (tertiary alicyclic amines) is 1. The number of carbonyl (C=O) groups is 1. The highest BCUT2D eigenvalue weighted by atomic mass is 32.2. The number of nitrogen functional groups attached to an aromatic ring is 1. The highest BCUT2D eigenvalue weighted by Gasteiger charge is 2.40. The van der Waals surface area contributed by atoms with Gasteiger partial charge in [-0.15, -0.1) is 0 Å². The molecule has 0 radical (unpaired) electrons. The van der Waals surface area contributed by atoms with Gasteiger partial charge in [-0.25, -0.2) is 12.8 Å². The Morgan fingerprint density at radius 1 is 1.39 bits per heavy atom. The third-order valence-electron chi connectivity index (χ3n) is 2.98. The second-order valence-electron chi connectivity index (χ2n) is 4.30. The highest BCUT2D eigenvalue weighted by Crippen LogP contribution is 2.26. The zero-order chi connectivity index (χ0) is 13.5. The number of benzene rings is 1. The van der Waals surface area contributed by atoms with E-state index in [-0.39, 0.29) is 17.0 Å². The molecule has 1 unspecified atom stereocenters. The van der Waals surface area contributed by atoms with Crippen LogP contribution >= 0.6 is 0 Å². The van der Waals surface area contributed by atoms with E-state index in [0.717, 1.165) is 12.1 Å². The normalized spacial score (nSPS) is 20.4. The minimum absolute atomic E-state index is 0.0207. The topological polar surface area (TPSA) is 80.5 Å². The molecular formula is C11H13FN2O3S. The lowest BCUT2D eigenvalue weighted by atomic mass is 10.3. The van der Waals surface area contributed by atoms with Gasteiger partial charge in [-0.2, -0.15) is 0 Å². The van der Waals surface area contributed by atoms with Gasteiger partial charge >= 0.3 is 0 Å². The number of nitrogens with two attached hydrogens (primary N) is 1. The number of hydrogen-bond acceptors (Lipinski definition) is 4. The van der Waals surface area contributed by atoms with Crippen molar-refractivity contribution < 1.29 is 17.6 Å². The van der Waals surface area contributed by atoms with Crippen molar-refractivity contribution in [2.24, 2.45) is 0 Å². The molecule has 1 aliphatic heterocycles. The fraction of sp³-hybridized carbons (Fsp3) is 0.364. The first kappa shape index (κ1) is 12.8. The summed E-state index contributed by atoms with van der Waals surface area (Å²) < 4.78 is 37.6. The summed E-state index contributed by atoms with van der Waals surface area (Å²) in [4.78, 5) is 12.8. The molecule has 2 N–H and O–H groups in total. The summed E-state index contributed by atoms with van der Waals surface area (Å²) in [6.07, 6.45) is 0.216. The minimum Gasteiger partial charge on any atom is -0.399 e. The van der Waals surface area contributed by atoms with Crippen molar-refractivity contribution in [3.8, 4) is 0 Å². The van der Waals surface area contributed by atoms with Crippen LogP contribution in [-0.4, -0.2) is 38.1 Å². The number of halogens is 1. The average molecular weight is 272 g/mol. The zero-order valence-corrected chi connectivity index (χ0v) is 10.6. The van der Waals surface area contributed by atoms with Crippen molar-refractivity contribution in [3.05, 3.63) is 24.0 Å². The Kier molecular flexibility index (Phi) is 3.02. The van der Waals surface area contributed by atoms with Crippen molar-refractivity contribution in [3.63, 3.8) is 0 Å². The maximum atomic E-state index is 13.2. The molecule has 0 spiro atoms. The fourth-order valence-corrected chi connectivity index (χ4v) is 3.76. The molecule has 0 aliphatic carbocycles. The Morgan fingerprint density at radius 3 is 2.56 bits per heavy atom. The van der Waals surface area contributed by atoms with Crippen molar-refractivity contribution in [2.45, 2.75) is 16.6 Å². The van der Waals surface area contributed by atoms with E-state index >= 15 is 0 Å². The number of nitrogens with zero attached hydrogens (tertiary/aromatic N) is 1. The van der Waals surface area contributed by atoms with Gasteiger partial charge in [0.15, 0.2) is 9.84 Å². The molecule has 1 heterocycles. The van der Waals surface area contributed by atoms with Crippen molar-refractivity contribution in [1.82, 2.24) is 4.90 Å². The monoisotopic (exact) mass is 272 g/mol. The third-order valence-corrected chi connectivity index (χ3v) is 5.05. The SMILES string of the molecule is CN1CCC(S(=O)(=O)c2cc(N)cc(F)c2)C1=O. The number of rotatable bonds is 2. The van der Waals surface area contributed by atoms with Crippen LogP contribution < -0.4 is 5.73 Å². The maximum Gasteiger partial charge on any atom is 0.241 e. The quantitative estimate of drug-likeness (QED) is 0.791. The standard InChI is InChI=1S/C11H13FN2O3S/c1-14-3-2-10(11(14)15)18(16,17)9-5-7(12)4-8(13)6-9/h4-6,10H,2-3,13H2,1H3. The molecule has 1 aliphatic rings. The van der Waals surface area contributed by atoms with Crippen LogP contribution in [0.4, 0.5) is 10.1 Å². The van der Waals surface area contributed by atoms with Gasteiger partial charge in [-0.05, 0) is 24.6 Å². The third kappa shape index (κ3) is 2.05. The van der Waals surface area contributed by atoms with Gasteiger partial charge < -0.3 is 10.6 Å². The molecule has 1 fully saturated rings. The van der Waals surface area contributed by atoms with E-state index in [1.165, 1.54) is 18.0 Å². The van der Waals surface area contributed by atoms with Crippen LogP contribution in [0.3, 0.4) is 0 Å². The largest absolute Gasteiger partial charge is 0.399 e. The average Bonchev–Trinajstić information content (AvgIpc) is 2.58. The van der Waals surface area contributed by atoms with Crippen molar-refractivity contribution >= 4 is 21.4 Å². The van der Waals surface area contributed by atoms with Crippen LogP contribution in [0.5, 0.6) is 0 Å². The van der Waals surface area contributed by atoms with Crippen molar-refractivity contribution in [2.75, 3.05) is 19.3 Å². The van der Waals surface area contributed by atoms with Gasteiger partial charge in [-0.1, -0.05) is 0 Å². The summed E-state index contributed by atoms with van der Waals surface area (Å²) in [6.45, 7) is 0.382. The summed E-state index contributed by atoms with van der Waals surface area (Å²) >= 11 is 0. The highest BCUT2D eigenvalue weighted by molar-refractivity contribution is 7.92. The lowest BCUT2D eigenvalue weighted by Gasteiger charge is -2.12. The van der Waals surface area contributed by atoms with Gasteiger partial charge in [0.2, 0.25) is 5.91 Å². The van der Waals surface area contributed by atoms with Gasteiger partial charge in [0.05, 0.1) is 4.90 Å². The first-order valence-corrected chi connectivity index (χ1v) is 6.92. The van der Waals surface area contributed by atoms with Gasteiger partial charge in [-0.3, -0.25) is 4.79 Å². The molecule has 1 atom stereocenters. The van der Waals surface area contributed by atoms with Crippen LogP contribution in [0.25, 0.3) is 0 Å². The molecule has 7 heteroatoms. The van der Waals surface area contributed by atoms with Crippen molar-refractivity contribution in [1.29, 1.82) is 0 Å². The number of hydrogen-bond donors (Lipinski definition) is 1. The molecule has 2 rings (SSSR count). The molecule has 0 aromatic heterocycles. The molecule has 0 bridgehead atoms. The molecule has 1 aromatic rings. The first-order chi connectivity index (χ1) is 8.32. The van der Waals surface area contributed by atoms with E-state index in [0.29, 0.717) is 6.54 Å². The second-order valence-corrected chi connectivity index (χ2v) is 6.43. The summed E-state index contributed by atoms with van der Waals surface area (Å²) in [7, 11) is -2.34. The Hall–Kier alpha value is -1.63. The minimum atomic E-state index is -3.88. The van der Waals surface area contributed by atoms with Crippen LogP contribution in [0.2, 0.25) is 0 Å². The summed E-state index contributed by atoms with van der Waals surface area (Å²) in [5.74, 6) is -1.19. The fourth-order valence-electron chi connectivity index (χ4n) is 1.99. The van der Waals surface area contributed by atoms with E-state index in [2.05, 4.69) is 0 Å². The van der Waals surface area contributed by atoms with Gasteiger partial charge in [0, 0.05) is 19.3 Å². The number of amides is 1. The van der Waals surface area contributed by atoms with E-state index < -0.39 is 26.8 Å². The van der Waals surface area contributed by atoms with E-state index in [1.807, 2.05) is 0 Å². The summed E-state index contributed by atoms with van der Waals surface area (Å²) in [6, 6.07) is 3.09. The molecular weight excluding hydrogens is 259 g/mol. The van der Waals surface area contributed by atoms with Gasteiger partial charge in [0.1, 0.15) is 11.1 Å². The molecule has 1 aromatic carbocycles. The molecule has 5 nitrogen and oxygen atoms in total. The molecule has 1 saturated heterocycles. The summed E-state index contributed by atoms with van der Waals surface area (Å²) in [5, 5.41) is -1.14. The zero-order valence-electron chi connectivity index (χ0n) is 9.76. The Morgan fingerprint density at radius 2 is 2.06 bits per heavy atom. The second kappa shape index (κ2) is 4.24. The van der Waals surface area contributed by atoms with E-state index in [4.69, 9.17) is 5.73 Å². The number of sulfone groups is 1. The molecule has 0 saturated carbocycles. The smallest absolute Gasteiger partial charge is 0.241 e. The number of carbonyl (C=O) groups excluding carboxylic acids is 1. The Labute approximate surface area is 104 Å². The van der Waals surface area contributed by atoms with Crippen LogP contribution in [0.1, 0.15) is 6.42 Å². The Balaban J connectivity index is 2.46. The van der Waals surface area contributed by atoms with E-state index in [1.54, 1.807) is 0 Å². The number of anilines is 1. The summed E-state index contributed by atoms with van der Waals surface area (Å²) in [5.41, 5.74) is 5.44. The van der Waals surface area contributed by atoms with Gasteiger partial charge in [0.25, 0.3) is 0 Å². The predicted molar refractivity (Wildman–Crippen MR) is 64.0 cm³/mol. The molecule has 1 amide bonds. The maximum absolute atomic E-state index is 13.2. The van der Waals surface area contributed by atoms with Crippen LogP contribution in [-0.2, 0) is 14.6 Å². The first-order valence-electron chi connectivity index (χ1n) is 5.37. The van der Waals surface area contributed by atoms with Crippen LogP contribution in [0.15, 0.2) is 23.1 Å². The van der Waals surface area contributed by atoms with E-state index in [9.17, 15) is 17.6 Å². The molecule has 98 valence electrons. The Bertz CT molecular complexity index is 580. The predicted octanol–water partition coefficient (Wildman–Crippen LogP) is 0.412. The van der Waals surface area contributed by atoms with Crippen LogP contribution in [0, 0.1) is 5.82 Å². The lowest BCUT2D eigenvalue weighted by molar-refractivity contribution is -0.126. The molecule has 18 heavy (non-hydrogen) atoms.